The van der Waals surface area contributed by atoms with Gasteiger partial charge in [0.25, 0.3) is 0 Å². The van der Waals surface area contributed by atoms with Gasteiger partial charge in [0.15, 0.2) is 0 Å². The van der Waals surface area contributed by atoms with Gasteiger partial charge in [-0.1, -0.05) is 36.4 Å². The molecule has 0 unspecified atom stereocenters. The second-order valence-corrected chi connectivity index (χ2v) is 7.42. The van der Waals surface area contributed by atoms with Crippen molar-refractivity contribution in [3.05, 3.63) is 70.0 Å². The number of rotatable bonds is 1. The van der Waals surface area contributed by atoms with Gasteiger partial charge in [-0.2, -0.15) is 4.57 Å². The van der Waals surface area contributed by atoms with Crippen molar-refractivity contribution in [2.45, 2.75) is 26.8 Å². The summed E-state index contributed by atoms with van der Waals surface area (Å²) in [6.45, 7) is 5.84. The minimum atomic E-state index is 0.0776. The van der Waals surface area contributed by atoms with E-state index in [-0.39, 0.29) is 5.56 Å². The van der Waals surface area contributed by atoms with Gasteiger partial charge in [0, 0.05) is 12.0 Å². The SMILES string of the molecule is Cc1cc(-c2c(C)ccc3ccccc23)c2[nH+]c3n(c(=O)c2c1)CCCN3. The number of fused-ring (bicyclic) bond motifs is 3. The second kappa shape index (κ2) is 5.95. The Morgan fingerprint density at radius 2 is 1.89 bits per heavy atom. The highest BCUT2D eigenvalue weighted by molar-refractivity contribution is 6.04. The van der Waals surface area contributed by atoms with E-state index in [2.05, 4.69) is 66.6 Å². The van der Waals surface area contributed by atoms with Gasteiger partial charge in [-0.15, -0.1) is 0 Å². The molecule has 0 aliphatic carbocycles. The number of aromatic amines is 1. The smallest absolute Gasteiger partial charge is 0.277 e. The van der Waals surface area contributed by atoms with Crippen molar-refractivity contribution in [2.75, 3.05) is 11.9 Å². The van der Waals surface area contributed by atoms with Crippen molar-refractivity contribution in [2.24, 2.45) is 0 Å². The molecule has 3 aromatic carbocycles. The Bertz CT molecular complexity index is 1270. The maximum Gasteiger partial charge on any atom is 0.358 e. The number of H-pyrrole nitrogens is 1. The normalized spacial score (nSPS) is 13.6. The Kier molecular flexibility index (Phi) is 3.54. The number of aryl methyl sites for hydroxylation is 2. The van der Waals surface area contributed by atoms with E-state index in [1.54, 1.807) is 0 Å². The number of anilines is 1. The summed E-state index contributed by atoms with van der Waals surface area (Å²) >= 11 is 0. The summed E-state index contributed by atoms with van der Waals surface area (Å²) in [7, 11) is 0. The number of aromatic nitrogens is 2. The lowest BCUT2D eigenvalue weighted by Gasteiger charge is -2.16. The first-order valence-electron chi connectivity index (χ1n) is 9.46. The van der Waals surface area contributed by atoms with Crippen LogP contribution in [0.5, 0.6) is 0 Å². The van der Waals surface area contributed by atoms with Gasteiger partial charge in [-0.3, -0.25) is 10.1 Å². The molecule has 4 heteroatoms. The van der Waals surface area contributed by atoms with E-state index in [9.17, 15) is 4.79 Å². The quantitative estimate of drug-likeness (QED) is 0.559. The molecule has 4 aromatic rings. The molecule has 27 heavy (non-hydrogen) atoms. The van der Waals surface area contributed by atoms with Gasteiger partial charge in [0.05, 0.1) is 18.5 Å². The van der Waals surface area contributed by atoms with Crippen molar-refractivity contribution >= 4 is 27.6 Å². The van der Waals surface area contributed by atoms with Crippen LogP contribution in [0.1, 0.15) is 17.5 Å². The van der Waals surface area contributed by atoms with Crippen LogP contribution in [0, 0.1) is 13.8 Å². The van der Waals surface area contributed by atoms with Gasteiger partial charge >= 0.3 is 11.5 Å². The molecule has 1 aliphatic heterocycles. The zero-order valence-electron chi connectivity index (χ0n) is 15.6. The van der Waals surface area contributed by atoms with Crippen molar-refractivity contribution in [1.82, 2.24) is 4.57 Å². The standard InChI is InChI=1S/C23H21N3O/c1-14-12-18(20-15(2)8-9-16-6-3-4-7-17(16)20)21-19(13-14)22(27)26-11-5-10-24-23(26)25-21/h3-4,6-9,12-13H,5,10-11H2,1-2H3,(H,24,25)/p+1. The van der Waals surface area contributed by atoms with E-state index in [0.29, 0.717) is 0 Å². The van der Waals surface area contributed by atoms with Crippen LogP contribution in [0.2, 0.25) is 0 Å². The van der Waals surface area contributed by atoms with Gasteiger partial charge in [-0.05, 0) is 53.4 Å². The third-order valence-electron chi connectivity index (χ3n) is 5.53. The monoisotopic (exact) mass is 356 g/mol. The molecule has 0 bridgehead atoms. The lowest BCUT2D eigenvalue weighted by molar-refractivity contribution is -0.335. The van der Waals surface area contributed by atoms with Crippen LogP contribution in [0.25, 0.3) is 32.8 Å². The number of hydrogen-bond donors (Lipinski definition) is 1. The molecule has 4 nitrogen and oxygen atoms in total. The molecule has 0 saturated heterocycles. The van der Waals surface area contributed by atoms with E-state index in [0.717, 1.165) is 47.5 Å². The van der Waals surface area contributed by atoms with Crippen LogP contribution in [-0.2, 0) is 6.54 Å². The largest absolute Gasteiger partial charge is 0.358 e. The summed E-state index contributed by atoms with van der Waals surface area (Å²) in [5.74, 6) is 0.807. The molecule has 0 saturated carbocycles. The summed E-state index contributed by atoms with van der Waals surface area (Å²) in [5, 5.41) is 6.52. The molecule has 1 aliphatic rings. The highest BCUT2D eigenvalue weighted by Crippen LogP contribution is 2.35. The summed E-state index contributed by atoms with van der Waals surface area (Å²) in [6.07, 6.45) is 0.966. The minimum Gasteiger partial charge on any atom is -0.277 e. The Morgan fingerprint density at radius 1 is 1.04 bits per heavy atom. The predicted octanol–water partition coefficient (Wildman–Crippen LogP) is 4.07. The Morgan fingerprint density at radius 3 is 2.78 bits per heavy atom. The topological polar surface area (TPSA) is 48.2 Å². The van der Waals surface area contributed by atoms with Gasteiger partial charge in [0.2, 0.25) is 0 Å². The summed E-state index contributed by atoms with van der Waals surface area (Å²) in [5.41, 5.74) is 5.57. The molecule has 5 rings (SSSR count). The molecule has 134 valence electrons. The van der Waals surface area contributed by atoms with Gasteiger partial charge in [-0.25, -0.2) is 4.98 Å². The first-order valence-corrected chi connectivity index (χ1v) is 9.46. The van der Waals surface area contributed by atoms with Crippen LogP contribution < -0.4 is 15.9 Å². The van der Waals surface area contributed by atoms with E-state index in [1.165, 1.54) is 21.9 Å². The Hall–Kier alpha value is -3.14. The molecular weight excluding hydrogens is 334 g/mol. The van der Waals surface area contributed by atoms with Gasteiger partial charge < -0.3 is 0 Å². The van der Waals surface area contributed by atoms with Crippen molar-refractivity contribution in [1.29, 1.82) is 0 Å². The van der Waals surface area contributed by atoms with Crippen LogP contribution in [0.4, 0.5) is 5.95 Å². The minimum absolute atomic E-state index is 0.0776. The predicted molar refractivity (Wildman–Crippen MR) is 110 cm³/mol. The zero-order valence-corrected chi connectivity index (χ0v) is 15.6. The molecule has 0 atom stereocenters. The number of hydrogen-bond acceptors (Lipinski definition) is 2. The van der Waals surface area contributed by atoms with E-state index < -0.39 is 0 Å². The number of benzene rings is 3. The van der Waals surface area contributed by atoms with Crippen molar-refractivity contribution in [3.8, 4) is 11.1 Å². The molecule has 1 aromatic heterocycles. The Labute approximate surface area is 157 Å². The third kappa shape index (κ3) is 2.44. The van der Waals surface area contributed by atoms with Crippen molar-refractivity contribution < 1.29 is 4.98 Å². The molecule has 0 amide bonds. The molecule has 0 radical (unpaired) electrons. The van der Waals surface area contributed by atoms with Crippen molar-refractivity contribution in [3.63, 3.8) is 0 Å². The van der Waals surface area contributed by atoms with Crippen LogP contribution in [0.3, 0.4) is 0 Å². The van der Waals surface area contributed by atoms with Crippen LogP contribution in [-0.4, -0.2) is 11.1 Å². The fourth-order valence-electron chi connectivity index (χ4n) is 4.25. The average molecular weight is 356 g/mol. The molecule has 2 heterocycles. The zero-order chi connectivity index (χ0) is 18.5. The van der Waals surface area contributed by atoms with E-state index in [4.69, 9.17) is 0 Å². The summed E-state index contributed by atoms with van der Waals surface area (Å²) in [4.78, 5) is 16.7. The number of nitrogens with one attached hydrogen (secondary N) is 2. The first kappa shape index (κ1) is 16.1. The Balaban J connectivity index is 1.94. The fourth-order valence-corrected chi connectivity index (χ4v) is 4.25. The average Bonchev–Trinajstić information content (AvgIpc) is 2.68. The number of nitrogens with zero attached hydrogens (tertiary/aromatic N) is 1. The van der Waals surface area contributed by atoms with E-state index in [1.807, 2.05) is 10.6 Å². The molecule has 0 spiro atoms. The van der Waals surface area contributed by atoms with Crippen LogP contribution in [0.15, 0.2) is 53.3 Å². The third-order valence-corrected chi connectivity index (χ3v) is 5.53. The maximum absolute atomic E-state index is 13.2. The molecule has 2 N–H and O–H groups in total. The lowest BCUT2D eigenvalue weighted by atomic mass is 9.91. The highest BCUT2D eigenvalue weighted by atomic mass is 16.1. The molecular formula is C23H22N3O+. The summed E-state index contributed by atoms with van der Waals surface area (Å²) < 4.78 is 1.82. The fraction of sp³-hybridized carbons (Fsp3) is 0.217. The van der Waals surface area contributed by atoms with Gasteiger partial charge in [0.1, 0.15) is 5.52 Å². The lowest BCUT2D eigenvalue weighted by Crippen LogP contribution is -2.36. The maximum atomic E-state index is 13.2. The highest BCUT2D eigenvalue weighted by Gasteiger charge is 2.23. The van der Waals surface area contributed by atoms with Crippen LogP contribution >= 0.6 is 0 Å². The van der Waals surface area contributed by atoms with E-state index >= 15 is 0 Å². The molecule has 0 fully saturated rings. The first-order chi connectivity index (χ1) is 13.1. The second-order valence-electron chi connectivity index (χ2n) is 7.42. The summed E-state index contributed by atoms with van der Waals surface area (Å²) in [6, 6.07) is 16.9.